The second-order valence-electron chi connectivity index (χ2n) is 4.39. The van der Waals surface area contributed by atoms with Crippen molar-refractivity contribution in [1.82, 2.24) is 19.8 Å². The molecule has 0 aliphatic carbocycles. The summed E-state index contributed by atoms with van der Waals surface area (Å²) < 4.78 is 1.93. The number of hydrogen-bond acceptors (Lipinski definition) is 4. The number of aromatic nitrogens is 2. The molecule has 98 valence electrons. The van der Waals surface area contributed by atoms with Crippen molar-refractivity contribution in [3.05, 3.63) is 18.7 Å². The maximum atomic E-state index is 11.9. The van der Waals surface area contributed by atoms with Crippen LogP contribution in [0.25, 0.3) is 0 Å². The SMILES string of the molecule is CCCN1C(=O)CC(NCCn2ccnc2)C1=O. The Balaban J connectivity index is 1.80. The second kappa shape index (κ2) is 5.77. The van der Waals surface area contributed by atoms with E-state index < -0.39 is 0 Å². The van der Waals surface area contributed by atoms with Crippen LogP contribution in [-0.2, 0) is 16.1 Å². The minimum Gasteiger partial charge on any atom is -0.336 e. The Morgan fingerprint density at radius 3 is 2.94 bits per heavy atom. The van der Waals surface area contributed by atoms with Crippen LogP contribution in [0.4, 0.5) is 0 Å². The Morgan fingerprint density at radius 2 is 2.28 bits per heavy atom. The van der Waals surface area contributed by atoms with Crippen LogP contribution in [0.15, 0.2) is 18.7 Å². The van der Waals surface area contributed by atoms with Crippen molar-refractivity contribution < 1.29 is 9.59 Å². The molecule has 0 saturated carbocycles. The van der Waals surface area contributed by atoms with E-state index >= 15 is 0 Å². The molecule has 0 radical (unpaired) electrons. The van der Waals surface area contributed by atoms with Gasteiger partial charge >= 0.3 is 0 Å². The molecule has 2 amide bonds. The quantitative estimate of drug-likeness (QED) is 0.722. The third kappa shape index (κ3) is 2.76. The standard InChI is InChI=1S/C12H18N4O2/c1-2-5-16-11(17)8-10(12(16)18)14-4-7-15-6-3-13-9-15/h3,6,9-10,14H,2,4-5,7-8H2,1H3. The smallest absolute Gasteiger partial charge is 0.246 e. The molecular weight excluding hydrogens is 232 g/mol. The minimum absolute atomic E-state index is 0.0676. The van der Waals surface area contributed by atoms with Crippen LogP contribution < -0.4 is 5.32 Å². The summed E-state index contributed by atoms with van der Waals surface area (Å²) in [7, 11) is 0. The van der Waals surface area contributed by atoms with E-state index in [0.29, 0.717) is 13.1 Å². The average molecular weight is 250 g/mol. The number of nitrogens with one attached hydrogen (secondary N) is 1. The highest BCUT2D eigenvalue weighted by molar-refractivity contribution is 6.05. The van der Waals surface area contributed by atoms with Gasteiger partial charge in [0.2, 0.25) is 11.8 Å². The Labute approximate surface area is 106 Å². The molecule has 2 rings (SSSR count). The van der Waals surface area contributed by atoms with Crippen molar-refractivity contribution in [2.45, 2.75) is 32.4 Å². The number of imide groups is 1. The van der Waals surface area contributed by atoms with Crippen LogP contribution in [-0.4, -0.2) is 45.4 Å². The van der Waals surface area contributed by atoms with Gasteiger partial charge in [-0.2, -0.15) is 0 Å². The van der Waals surface area contributed by atoms with Crippen molar-refractivity contribution >= 4 is 11.8 Å². The van der Waals surface area contributed by atoms with E-state index in [1.54, 1.807) is 12.5 Å². The van der Waals surface area contributed by atoms with Crippen molar-refractivity contribution in [1.29, 1.82) is 0 Å². The molecule has 1 aromatic heterocycles. The van der Waals surface area contributed by atoms with Crippen molar-refractivity contribution in [3.8, 4) is 0 Å². The lowest BCUT2D eigenvalue weighted by Crippen LogP contribution is -2.40. The highest BCUT2D eigenvalue weighted by Gasteiger charge is 2.37. The number of nitrogens with zero attached hydrogens (tertiary/aromatic N) is 3. The first-order valence-corrected chi connectivity index (χ1v) is 6.25. The molecule has 1 fully saturated rings. The highest BCUT2D eigenvalue weighted by Crippen LogP contribution is 2.13. The molecule has 0 bridgehead atoms. The molecule has 0 aromatic carbocycles. The Bertz CT molecular complexity index is 416. The van der Waals surface area contributed by atoms with Gasteiger partial charge in [0.15, 0.2) is 0 Å². The van der Waals surface area contributed by atoms with Crippen LogP contribution in [0.2, 0.25) is 0 Å². The van der Waals surface area contributed by atoms with E-state index in [2.05, 4.69) is 10.3 Å². The van der Waals surface area contributed by atoms with Crippen LogP contribution in [0.3, 0.4) is 0 Å². The maximum Gasteiger partial charge on any atom is 0.246 e. The number of imidazole rings is 1. The van der Waals surface area contributed by atoms with Gasteiger partial charge in [0.25, 0.3) is 0 Å². The number of likely N-dealkylation sites (tertiary alicyclic amines) is 1. The maximum absolute atomic E-state index is 11.9. The molecule has 0 spiro atoms. The molecule has 1 aliphatic heterocycles. The van der Waals surface area contributed by atoms with Gasteiger partial charge in [0.05, 0.1) is 18.8 Å². The van der Waals surface area contributed by atoms with E-state index in [4.69, 9.17) is 0 Å². The summed E-state index contributed by atoms with van der Waals surface area (Å²) in [5.41, 5.74) is 0. The first-order valence-electron chi connectivity index (χ1n) is 6.25. The molecule has 6 heteroatoms. The summed E-state index contributed by atoms with van der Waals surface area (Å²) in [6.07, 6.45) is 6.40. The first kappa shape index (κ1) is 12.8. The first-order chi connectivity index (χ1) is 8.72. The molecule has 1 unspecified atom stereocenters. The largest absolute Gasteiger partial charge is 0.336 e. The van der Waals surface area contributed by atoms with Crippen molar-refractivity contribution in [3.63, 3.8) is 0 Å². The summed E-state index contributed by atoms with van der Waals surface area (Å²) in [5.74, 6) is -0.158. The number of rotatable bonds is 6. The monoisotopic (exact) mass is 250 g/mol. The van der Waals surface area contributed by atoms with Gasteiger partial charge in [0.1, 0.15) is 0 Å². The zero-order valence-electron chi connectivity index (χ0n) is 10.5. The number of carbonyl (C=O) groups is 2. The summed E-state index contributed by atoms with van der Waals surface area (Å²) in [6, 6.07) is -0.354. The molecular formula is C12H18N4O2. The minimum atomic E-state index is -0.354. The van der Waals surface area contributed by atoms with Gasteiger partial charge in [0, 0.05) is 32.0 Å². The molecule has 1 saturated heterocycles. The second-order valence-corrected chi connectivity index (χ2v) is 4.39. The number of amides is 2. The third-order valence-corrected chi connectivity index (χ3v) is 3.01. The zero-order valence-corrected chi connectivity index (χ0v) is 10.5. The van der Waals surface area contributed by atoms with E-state index in [-0.39, 0.29) is 24.3 Å². The van der Waals surface area contributed by atoms with Gasteiger partial charge in [-0.3, -0.25) is 14.5 Å². The molecule has 1 aliphatic rings. The van der Waals surface area contributed by atoms with Gasteiger partial charge in [-0.05, 0) is 6.42 Å². The predicted molar refractivity (Wildman–Crippen MR) is 65.6 cm³/mol. The zero-order chi connectivity index (χ0) is 13.0. The van der Waals surface area contributed by atoms with Gasteiger partial charge in [-0.15, -0.1) is 0 Å². The molecule has 1 atom stereocenters. The van der Waals surface area contributed by atoms with Gasteiger partial charge in [-0.25, -0.2) is 4.98 Å². The number of carbonyl (C=O) groups excluding carboxylic acids is 2. The summed E-state index contributed by atoms with van der Waals surface area (Å²) >= 11 is 0. The molecule has 18 heavy (non-hydrogen) atoms. The van der Waals surface area contributed by atoms with Crippen molar-refractivity contribution in [2.24, 2.45) is 0 Å². The fourth-order valence-electron chi connectivity index (χ4n) is 2.09. The summed E-state index contributed by atoms with van der Waals surface area (Å²) in [5, 5.41) is 3.13. The lowest BCUT2D eigenvalue weighted by molar-refractivity contribution is -0.138. The normalized spacial score (nSPS) is 19.8. The van der Waals surface area contributed by atoms with Gasteiger partial charge < -0.3 is 9.88 Å². The van der Waals surface area contributed by atoms with E-state index in [1.165, 1.54) is 4.90 Å². The van der Waals surface area contributed by atoms with Crippen LogP contribution >= 0.6 is 0 Å². The highest BCUT2D eigenvalue weighted by atomic mass is 16.2. The Morgan fingerprint density at radius 1 is 1.44 bits per heavy atom. The van der Waals surface area contributed by atoms with E-state index in [0.717, 1.165) is 13.0 Å². The Kier molecular flexibility index (Phi) is 4.09. The van der Waals surface area contributed by atoms with Crippen LogP contribution in [0.5, 0.6) is 0 Å². The summed E-state index contributed by atoms with van der Waals surface area (Å²) in [4.78, 5) is 28.8. The summed E-state index contributed by atoms with van der Waals surface area (Å²) in [6.45, 7) is 3.88. The lowest BCUT2D eigenvalue weighted by atomic mass is 10.2. The number of hydrogen-bond donors (Lipinski definition) is 1. The fourth-order valence-corrected chi connectivity index (χ4v) is 2.09. The third-order valence-electron chi connectivity index (χ3n) is 3.01. The molecule has 1 N–H and O–H groups in total. The van der Waals surface area contributed by atoms with E-state index in [1.807, 2.05) is 17.7 Å². The molecule has 2 heterocycles. The van der Waals surface area contributed by atoms with E-state index in [9.17, 15) is 9.59 Å². The van der Waals surface area contributed by atoms with Gasteiger partial charge in [-0.1, -0.05) is 6.92 Å². The topological polar surface area (TPSA) is 67.2 Å². The predicted octanol–water partition coefficient (Wildman–Crippen LogP) is 0.0102. The average Bonchev–Trinajstić information content (AvgIpc) is 2.94. The Hall–Kier alpha value is -1.69. The van der Waals surface area contributed by atoms with Crippen molar-refractivity contribution in [2.75, 3.05) is 13.1 Å². The van der Waals surface area contributed by atoms with Crippen LogP contribution in [0.1, 0.15) is 19.8 Å². The molecule has 1 aromatic rings. The lowest BCUT2D eigenvalue weighted by Gasteiger charge is -2.14. The van der Waals surface area contributed by atoms with Crippen LogP contribution in [0, 0.1) is 0 Å². The fraction of sp³-hybridized carbons (Fsp3) is 0.583. The molecule has 6 nitrogen and oxygen atoms in total.